The zero-order valence-corrected chi connectivity index (χ0v) is 9.61. The molecule has 2 unspecified atom stereocenters. The summed E-state index contributed by atoms with van der Waals surface area (Å²) in [4.78, 5) is 0. The summed E-state index contributed by atoms with van der Waals surface area (Å²) in [5.74, 6) is 0.658. The molecule has 2 atom stereocenters. The third kappa shape index (κ3) is 1.87. The van der Waals surface area contributed by atoms with E-state index in [9.17, 15) is 0 Å². The topological polar surface area (TPSA) is 21.3 Å². The maximum Gasteiger partial charge on any atom is 0.0626 e. The van der Waals surface area contributed by atoms with E-state index < -0.39 is 0 Å². The van der Waals surface area contributed by atoms with Crippen LogP contribution in [0.5, 0.6) is 0 Å². The number of fused-ring (bicyclic) bond motifs is 1. The first-order valence-corrected chi connectivity index (χ1v) is 6.34. The van der Waals surface area contributed by atoms with Crippen LogP contribution in [0.1, 0.15) is 29.9 Å². The molecule has 0 aromatic heterocycles. The SMILES string of the molecule is c1ccc2c(c1)CCCC2C1COCCN1. The number of nitrogens with one attached hydrogen (secondary N) is 1. The molecule has 0 bridgehead atoms. The lowest BCUT2D eigenvalue weighted by atomic mass is 9.79. The number of rotatable bonds is 1. The van der Waals surface area contributed by atoms with Crippen LogP contribution in [-0.4, -0.2) is 25.8 Å². The Morgan fingerprint density at radius 1 is 1.25 bits per heavy atom. The molecule has 0 saturated carbocycles. The smallest absolute Gasteiger partial charge is 0.0626 e. The summed E-state index contributed by atoms with van der Waals surface area (Å²) in [6.07, 6.45) is 3.87. The monoisotopic (exact) mass is 217 g/mol. The molecular formula is C14H19NO. The van der Waals surface area contributed by atoms with Crippen molar-refractivity contribution >= 4 is 0 Å². The van der Waals surface area contributed by atoms with Crippen LogP contribution in [-0.2, 0) is 11.2 Å². The van der Waals surface area contributed by atoms with Crippen molar-refractivity contribution in [3.8, 4) is 0 Å². The summed E-state index contributed by atoms with van der Waals surface area (Å²) in [5.41, 5.74) is 3.10. The van der Waals surface area contributed by atoms with Crippen molar-refractivity contribution in [2.45, 2.75) is 31.2 Å². The van der Waals surface area contributed by atoms with Crippen molar-refractivity contribution in [1.82, 2.24) is 5.32 Å². The Kier molecular flexibility index (Phi) is 2.94. The second-order valence-corrected chi connectivity index (χ2v) is 4.83. The van der Waals surface area contributed by atoms with Gasteiger partial charge in [0.05, 0.1) is 13.2 Å². The molecule has 0 spiro atoms. The number of hydrogen-bond acceptors (Lipinski definition) is 2. The summed E-state index contributed by atoms with van der Waals surface area (Å²) < 4.78 is 5.59. The fourth-order valence-corrected chi connectivity index (χ4v) is 3.05. The second-order valence-electron chi connectivity index (χ2n) is 4.83. The molecule has 16 heavy (non-hydrogen) atoms. The first kappa shape index (κ1) is 10.3. The summed E-state index contributed by atoms with van der Waals surface area (Å²) in [6, 6.07) is 9.43. The van der Waals surface area contributed by atoms with Crippen LogP contribution in [0.3, 0.4) is 0 Å². The molecule has 0 amide bonds. The van der Waals surface area contributed by atoms with Crippen LogP contribution in [0.4, 0.5) is 0 Å². The van der Waals surface area contributed by atoms with Crippen LogP contribution in [0.25, 0.3) is 0 Å². The van der Waals surface area contributed by atoms with Gasteiger partial charge in [-0.2, -0.15) is 0 Å². The van der Waals surface area contributed by atoms with Gasteiger partial charge in [0.25, 0.3) is 0 Å². The van der Waals surface area contributed by atoms with Gasteiger partial charge in [-0.25, -0.2) is 0 Å². The van der Waals surface area contributed by atoms with Crippen LogP contribution < -0.4 is 5.32 Å². The highest BCUT2D eigenvalue weighted by molar-refractivity contribution is 5.33. The Bertz CT molecular complexity index is 358. The molecule has 2 nitrogen and oxygen atoms in total. The van der Waals surface area contributed by atoms with E-state index in [1.165, 1.54) is 19.3 Å². The van der Waals surface area contributed by atoms with Crippen LogP contribution >= 0.6 is 0 Å². The standard InChI is InChI=1S/C14H19NO/c1-2-6-12-11(4-1)5-3-7-13(12)14-10-16-9-8-15-14/h1-2,4,6,13-15H,3,5,7-10H2. The quantitative estimate of drug-likeness (QED) is 0.777. The molecule has 1 aromatic carbocycles. The van der Waals surface area contributed by atoms with E-state index in [1.807, 2.05) is 0 Å². The number of benzene rings is 1. The van der Waals surface area contributed by atoms with Crippen molar-refractivity contribution < 1.29 is 4.74 Å². The van der Waals surface area contributed by atoms with Gasteiger partial charge in [-0.3, -0.25) is 0 Å². The Labute approximate surface area is 97.0 Å². The van der Waals surface area contributed by atoms with Gasteiger partial charge in [0, 0.05) is 18.5 Å². The highest BCUT2D eigenvalue weighted by Crippen LogP contribution is 2.34. The first-order chi connectivity index (χ1) is 7.95. The Balaban J connectivity index is 1.86. The molecule has 1 aliphatic carbocycles. The van der Waals surface area contributed by atoms with E-state index >= 15 is 0 Å². The second kappa shape index (κ2) is 4.56. The molecule has 0 radical (unpaired) electrons. The molecule has 1 aromatic rings. The van der Waals surface area contributed by atoms with Crippen molar-refractivity contribution in [3.63, 3.8) is 0 Å². The zero-order valence-electron chi connectivity index (χ0n) is 9.61. The van der Waals surface area contributed by atoms with E-state index in [0.29, 0.717) is 12.0 Å². The third-order valence-electron chi connectivity index (χ3n) is 3.85. The summed E-state index contributed by atoms with van der Waals surface area (Å²) >= 11 is 0. The first-order valence-electron chi connectivity index (χ1n) is 6.34. The average Bonchev–Trinajstić information content (AvgIpc) is 2.39. The Morgan fingerprint density at radius 3 is 3.06 bits per heavy atom. The van der Waals surface area contributed by atoms with Crippen molar-refractivity contribution in [2.75, 3.05) is 19.8 Å². The van der Waals surface area contributed by atoms with Crippen LogP contribution in [0.15, 0.2) is 24.3 Å². The minimum absolute atomic E-state index is 0.523. The van der Waals surface area contributed by atoms with Crippen molar-refractivity contribution in [1.29, 1.82) is 0 Å². The summed E-state index contributed by atoms with van der Waals surface area (Å²) in [7, 11) is 0. The lowest BCUT2D eigenvalue weighted by molar-refractivity contribution is 0.0657. The number of aryl methyl sites for hydroxylation is 1. The van der Waals surface area contributed by atoms with Gasteiger partial charge in [0.1, 0.15) is 0 Å². The lowest BCUT2D eigenvalue weighted by Gasteiger charge is -2.35. The van der Waals surface area contributed by atoms with Gasteiger partial charge in [0.2, 0.25) is 0 Å². The van der Waals surface area contributed by atoms with Gasteiger partial charge >= 0.3 is 0 Å². The maximum atomic E-state index is 5.59. The molecule has 2 aliphatic rings. The van der Waals surface area contributed by atoms with Gasteiger partial charge in [-0.1, -0.05) is 24.3 Å². The molecule has 1 N–H and O–H groups in total. The largest absolute Gasteiger partial charge is 0.378 e. The van der Waals surface area contributed by atoms with E-state index in [1.54, 1.807) is 11.1 Å². The van der Waals surface area contributed by atoms with Crippen molar-refractivity contribution in [3.05, 3.63) is 35.4 Å². The molecule has 3 rings (SSSR count). The number of ether oxygens (including phenoxy) is 1. The highest BCUT2D eigenvalue weighted by atomic mass is 16.5. The predicted octanol–water partition coefficient (Wildman–Crippen LogP) is 2.09. The molecule has 1 saturated heterocycles. The van der Waals surface area contributed by atoms with Gasteiger partial charge < -0.3 is 10.1 Å². The number of hydrogen-bond donors (Lipinski definition) is 1. The van der Waals surface area contributed by atoms with Crippen LogP contribution in [0.2, 0.25) is 0 Å². The number of morpholine rings is 1. The fraction of sp³-hybridized carbons (Fsp3) is 0.571. The van der Waals surface area contributed by atoms with Gasteiger partial charge in [-0.15, -0.1) is 0 Å². The van der Waals surface area contributed by atoms with E-state index in [-0.39, 0.29) is 0 Å². The van der Waals surface area contributed by atoms with Crippen molar-refractivity contribution in [2.24, 2.45) is 0 Å². The Hall–Kier alpha value is -0.860. The van der Waals surface area contributed by atoms with Gasteiger partial charge in [-0.05, 0) is 30.4 Å². The Morgan fingerprint density at radius 2 is 2.19 bits per heavy atom. The zero-order chi connectivity index (χ0) is 10.8. The van der Waals surface area contributed by atoms with E-state index in [0.717, 1.165) is 19.8 Å². The minimum Gasteiger partial charge on any atom is -0.378 e. The molecular weight excluding hydrogens is 198 g/mol. The lowest BCUT2D eigenvalue weighted by Crippen LogP contribution is -2.45. The van der Waals surface area contributed by atoms with Gasteiger partial charge in [0.15, 0.2) is 0 Å². The highest BCUT2D eigenvalue weighted by Gasteiger charge is 2.28. The summed E-state index contributed by atoms with van der Waals surface area (Å²) in [5, 5.41) is 3.60. The van der Waals surface area contributed by atoms with E-state index in [4.69, 9.17) is 4.74 Å². The van der Waals surface area contributed by atoms with Crippen LogP contribution in [0, 0.1) is 0 Å². The molecule has 86 valence electrons. The summed E-state index contributed by atoms with van der Waals surface area (Å²) in [6.45, 7) is 2.74. The maximum absolute atomic E-state index is 5.59. The minimum atomic E-state index is 0.523. The molecule has 2 heteroatoms. The average molecular weight is 217 g/mol. The van der Waals surface area contributed by atoms with E-state index in [2.05, 4.69) is 29.6 Å². The normalized spacial score (nSPS) is 29.8. The third-order valence-corrected chi connectivity index (χ3v) is 3.85. The fourth-order valence-electron chi connectivity index (χ4n) is 3.05. The molecule has 1 fully saturated rings. The predicted molar refractivity (Wildman–Crippen MR) is 64.7 cm³/mol. The molecule has 1 aliphatic heterocycles. The molecule has 1 heterocycles.